The first-order valence-electron chi connectivity index (χ1n) is 1.89. The monoisotopic (exact) mass is 102 g/mol. The lowest BCUT2D eigenvalue weighted by Crippen LogP contribution is -2.42. The Labute approximate surface area is 41.9 Å². The van der Waals surface area contributed by atoms with Crippen LogP contribution in [-0.4, -0.2) is 19.1 Å². The van der Waals surface area contributed by atoms with Crippen LogP contribution in [0.2, 0.25) is 0 Å². The highest BCUT2D eigenvalue weighted by atomic mass is 16.1. The molecule has 0 aromatic carbocycles. The van der Waals surface area contributed by atoms with Crippen molar-refractivity contribution in [3.8, 4) is 0 Å². The summed E-state index contributed by atoms with van der Waals surface area (Å²) in [6, 6.07) is 0. The van der Waals surface area contributed by atoms with E-state index < -0.39 is 6.17 Å². The second-order valence-electron chi connectivity index (χ2n) is 1.09. The zero-order chi connectivity index (χ0) is 5.70. The fourth-order valence-corrected chi connectivity index (χ4v) is 0.135. The maximum absolute atomic E-state index is 9.40. The summed E-state index contributed by atoms with van der Waals surface area (Å²) in [6.07, 6.45) is 0.967. The molecule has 0 spiro atoms. The van der Waals surface area contributed by atoms with Gasteiger partial charge in [0.15, 0.2) is 0 Å². The van der Waals surface area contributed by atoms with Crippen LogP contribution in [0.3, 0.4) is 0 Å². The van der Waals surface area contributed by atoms with Gasteiger partial charge in [0, 0.05) is 6.54 Å². The predicted octanol–water partition coefficient (Wildman–Crippen LogP) is -2.11. The molecule has 0 bridgehead atoms. The summed E-state index contributed by atoms with van der Waals surface area (Å²) in [5.41, 5.74) is 10.1. The molecule has 1 radical (unpaired) electrons. The predicted molar refractivity (Wildman–Crippen MR) is 25.9 cm³/mol. The van der Waals surface area contributed by atoms with E-state index in [0.29, 0.717) is 0 Å². The van der Waals surface area contributed by atoms with Gasteiger partial charge in [-0.15, -0.1) is 0 Å². The van der Waals surface area contributed by atoms with E-state index in [1.165, 1.54) is 6.41 Å². The van der Waals surface area contributed by atoms with Gasteiger partial charge in [0.25, 0.3) is 0 Å². The Bertz CT molecular complexity index is 56.1. The second-order valence-corrected chi connectivity index (χ2v) is 1.09. The molecule has 1 unspecified atom stereocenters. The fraction of sp³-hybridized carbons (Fsp3) is 0.667. The van der Waals surface area contributed by atoms with Crippen molar-refractivity contribution in [3.05, 3.63) is 0 Å². The molecule has 4 nitrogen and oxygen atoms in total. The van der Waals surface area contributed by atoms with Crippen molar-refractivity contribution in [2.45, 2.75) is 6.17 Å². The zero-order valence-corrected chi connectivity index (χ0v) is 3.85. The SMILES string of the molecule is NCC(N)N[C]=O. The first-order valence-corrected chi connectivity index (χ1v) is 1.89. The Morgan fingerprint density at radius 1 is 1.86 bits per heavy atom. The maximum Gasteiger partial charge on any atom is 0.310 e. The molecular weight excluding hydrogens is 94.1 g/mol. The van der Waals surface area contributed by atoms with Gasteiger partial charge < -0.3 is 16.8 Å². The van der Waals surface area contributed by atoms with Gasteiger partial charge in [0.2, 0.25) is 0 Å². The summed E-state index contributed by atoms with van der Waals surface area (Å²) in [5.74, 6) is 0. The van der Waals surface area contributed by atoms with Crippen molar-refractivity contribution in [3.63, 3.8) is 0 Å². The van der Waals surface area contributed by atoms with E-state index in [9.17, 15) is 4.79 Å². The maximum atomic E-state index is 9.40. The molecule has 0 fully saturated rings. The van der Waals surface area contributed by atoms with Gasteiger partial charge in [0.05, 0.1) is 6.17 Å². The summed E-state index contributed by atoms with van der Waals surface area (Å²) in [4.78, 5) is 9.40. The van der Waals surface area contributed by atoms with Crippen LogP contribution < -0.4 is 16.8 Å². The van der Waals surface area contributed by atoms with Crippen LogP contribution in [0.15, 0.2) is 0 Å². The van der Waals surface area contributed by atoms with Gasteiger partial charge in [-0.1, -0.05) is 0 Å². The van der Waals surface area contributed by atoms with Crippen molar-refractivity contribution in [2.24, 2.45) is 11.5 Å². The van der Waals surface area contributed by atoms with Crippen molar-refractivity contribution >= 4 is 6.41 Å². The van der Waals surface area contributed by atoms with Crippen LogP contribution in [0.5, 0.6) is 0 Å². The lowest BCUT2D eigenvalue weighted by molar-refractivity contribution is 0.522. The molecule has 41 valence electrons. The number of carbonyl (C=O) groups excluding carboxylic acids is 1. The molecule has 0 heterocycles. The van der Waals surface area contributed by atoms with Gasteiger partial charge in [-0.05, 0) is 0 Å². The Kier molecular flexibility index (Phi) is 3.26. The van der Waals surface area contributed by atoms with E-state index in [1.54, 1.807) is 0 Å². The normalized spacial score (nSPS) is 12.9. The Morgan fingerprint density at radius 2 is 2.43 bits per heavy atom. The van der Waals surface area contributed by atoms with Crippen molar-refractivity contribution in [2.75, 3.05) is 6.54 Å². The van der Waals surface area contributed by atoms with Gasteiger partial charge in [-0.2, -0.15) is 0 Å². The van der Waals surface area contributed by atoms with E-state index in [2.05, 4.69) is 5.32 Å². The zero-order valence-electron chi connectivity index (χ0n) is 3.85. The number of nitrogens with two attached hydrogens (primary N) is 2. The van der Waals surface area contributed by atoms with E-state index in [0.717, 1.165) is 0 Å². The number of hydrogen-bond donors (Lipinski definition) is 3. The molecule has 0 saturated heterocycles. The van der Waals surface area contributed by atoms with E-state index >= 15 is 0 Å². The average Bonchev–Trinajstić information content (AvgIpc) is 1.68. The quantitative estimate of drug-likeness (QED) is 0.281. The van der Waals surface area contributed by atoms with E-state index in [4.69, 9.17) is 11.5 Å². The molecule has 0 aromatic heterocycles. The largest absolute Gasteiger partial charge is 0.331 e. The molecule has 0 aliphatic rings. The van der Waals surface area contributed by atoms with Crippen molar-refractivity contribution < 1.29 is 4.79 Å². The summed E-state index contributed by atoms with van der Waals surface area (Å²) in [6.45, 7) is 0.245. The molecule has 7 heavy (non-hydrogen) atoms. The lowest BCUT2D eigenvalue weighted by Gasteiger charge is -2.02. The minimum absolute atomic E-state index is 0.245. The van der Waals surface area contributed by atoms with Crippen LogP contribution in [0, 0.1) is 0 Å². The molecule has 0 saturated carbocycles. The standard InChI is InChI=1S/C3H8N3O/c4-1-3(5)6-2-7/h3H,1,4-5H2,(H,6,7). The first-order chi connectivity index (χ1) is 3.31. The number of amides is 1. The number of rotatable bonds is 3. The smallest absolute Gasteiger partial charge is 0.310 e. The topological polar surface area (TPSA) is 81.1 Å². The third kappa shape index (κ3) is 3.21. The summed E-state index contributed by atoms with van der Waals surface area (Å²) >= 11 is 0. The Hall–Kier alpha value is -0.610. The molecule has 1 amide bonds. The van der Waals surface area contributed by atoms with Crippen molar-refractivity contribution in [1.29, 1.82) is 0 Å². The van der Waals surface area contributed by atoms with Gasteiger partial charge in [-0.25, -0.2) is 0 Å². The summed E-state index contributed by atoms with van der Waals surface area (Å²) in [5, 5.41) is 2.14. The molecule has 0 aliphatic heterocycles. The van der Waals surface area contributed by atoms with Crippen molar-refractivity contribution in [1.82, 2.24) is 5.32 Å². The molecule has 0 aromatic rings. The van der Waals surface area contributed by atoms with Crippen LogP contribution in [0.25, 0.3) is 0 Å². The average molecular weight is 102 g/mol. The van der Waals surface area contributed by atoms with Gasteiger partial charge in [0.1, 0.15) is 0 Å². The molecular formula is C3H8N3O. The summed E-state index contributed by atoms with van der Waals surface area (Å²) in [7, 11) is 0. The Morgan fingerprint density at radius 3 is 2.57 bits per heavy atom. The highest BCUT2D eigenvalue weighted by Crippen LogP contribution is 1.55. The Balaban J connectivity index is 2.98. The lowest BCUT2D eigenvalue weighted by atomic mass is 10.5. The third-order valence-electron chi connectivity index (χ3n) is 0.498. The first kappa shape index (κ1) is 6.39. The van der Waals surface area contributed by atoms with Crippen LogP contribution in [0.1, 0.15) is 0 Å². The highest BCUT2D eigenvalue weighted by molar-refractivity contribution is 5.47. The minimum Gasteiger partial charge on any atom is -0.331 e. The third-order valence-corrected chi connectivity index (χ3v) is 0.498. The molecule has 0 aliphatic carbocycles. The fourth-order valence-electron chi connectivity index (χ4n) is 0.135. The van der Waals surface area contributed by atoms with Gasteiger partial charge >= 0.3 is 6.41 Å². The minimum atomic E-state index is -0.447. The molecule has 4 heteroatoms. The van der Waals surface area contributed by atoms with Crippen LogP contribution in [-0.2, 0) is 4.79 Å². The van der Waals surface area contributed by atoms with Crippen LogP contribution in [0.4, 0.5) is 0 Å². The number of nitrogens with one attached hydrogen (secondary N) is 1. The van der Waals surface area contributed by atoms with E-state index in [1.807, 2.05) is 0 Å². The number of hydrogen-bond acceptors (Lipinski definition) is 3. The van der Waals surface area contributed by atoms with Crippen LogP contribution >= 0.6 is 0 Å². The summed E-state index contributed by atoms with van der Waals surface area (Å²) < 4.78 is 0. The van der Waals surface area contributed by atoms with E-state index in [-0.39, 0.29) is 6.54 Å². The highest BCUT2D eigenvalue weighted by Gasteiger charge is 1.91. The second kappa shape index (κ2) is 3.58. The molecule has 5 N–H and O–H groups in total. The molecule has 0 rings (SSSR count). The van der Waals surface area contributed by atoms with Gasteiger partial charge in [-0.3, -0.25) is 4.79 Å². The molecule has 1 atom stereocenters.